The number of rotatable bonds is 3. The lowest BCUT2D eigenvalue weighted by atomic mass is 10.3. The van der Waals surface area contributed by atoms with Crippen molar-refractivity contribution in [2.45, 2.75) is 23.8 Å². The van der Waals surface area contributed by atoms with Gasteiger partial charge in [0.1, 0.15) is 5.82 Å². The molecule has 1 aliphatic heterocycles. The van der Waals surface area contributed by atoms with Gasteiger partial charge in [-0.05, 0) is 47.6 Å². The summed E-state index contributed by atoms with van der Waals surface area (Å²) in [5.41, 5.74) is 6.49. The van der Waals surface area contributed by atoms with Crippen molar-refractivity contribution >= 4 is 40.0 Å². The molecule has 2 rings (SSSR count). The minimum atomic E-state index is -0.204. The van der Waals surface area contributed by atoms with Crippen LogP contribution in [0.2, 0.25) is 0 Å². The first-order valence-corrected chi connectivity index (χ1v) is 7.22. The van der Waals surface area contributed by atoms with Gasteiger partial charge in [-0.25, -0.2) is 4.39 Å². The van der Waals surface area contributed by atoms with Gasteiger partial charge in [-0.1, -0.05) is 0 Å². The summed E-state index contributed by atoms with van der Waals surface area (Å²) in [6.07, 6.45) is 2.52. The Morgan fingerprint density at radius 1 is 1.56 bits per heavy atom. The van der Waals surface area contributed by atoms with Crippen LogP contribution in [0.15, 0.2) is 17.0 Å². The van der Waals surface area contributed by atoms with Gasteiger partial charge >= 0.3 is 0 Å². The summed E-state index contributed by atoms with van der Waals surface area (Å²) < 4.78 is 19.4. The van der Waals surface area contributed by atoms with Crippen molar-refractivity contribution in [3.63, 3.8) is 0 Å². The summed E-state index contributed by atoms with van der Waals surface area (Å²) in [5.74, 6) is 0.647. The van der Waals surface area contributed by atoms with Gasteiger partial charge in [-0.2, -0.15) is 0 Å². The minimum absolute atomic E-state index is 0.204. The Labute approximate surface area is 112 Å². The predicted molar refractivity (Wildman–Crippen MR) is 73.2 cm³/mol. The molecule has 1 atom stereocenters. The van der Waals surface area contributed by atoms with Crippen molar-refractivity contribution in [2.75, 3.05) is 18.1 Å². The van der Waals surface area contributed by atoms with Crippen molar-refractivity contribution in [1.82, 2.24) is 0 Å². The molecule has 0 bridgehead atoms. The van der Waals surface area contributed by atoms with Crippen molar-refractivity contribution in [1.29, 1.82) is 0 Å². The molecule has 2 nitrogen and oxygen atoms in total. The van der Waals surface area contributed by atoms with Crippen LogP contribution in [0.1, 0.15) is 12.8 Å². The van der Waals surface area contributed by atoms with E-state index in [9.17, 15) is 4.39 Å². The van der Waals surface area contributed by atoms with E-state index in [0.717, 1.165) is 30.1 Å². The topological polar surface area (TPSA) is 35.2 Å². The fraction of sp³-hybridized carbons (Fsp3) is 0.455. The van der Waals surface area contributed by atoms with Crippen LogP contribution in [0, 0.1) is 9.39 Å². The second-order valence-electron chi connectivity index (χ2n) is 3.75. The molecule has 1 aliphatic rings. The number of nitrogen functional groups attached to an aromatic ring is 1. The number of ether oxygens (including phenoxy) is 1. The molecule has 0 aliphatic carbocycles. The second kappa shape index (κ2) is 5.55. The summed E-state index contributed by atoms with van der Waals surface area (Å²) >= 11 is 3.52. The Bertz CT molecular complexity index is 382. The molecule has 1 fully saturated rings. The molecule has 1 saturated heterocycles. The fourth-order valence-electron chi connectivity index (χ4n) is 1.63. The Morgan fingerprint density at radius 2 is 2.38 bits per heavy atom. The highest BCUT2D eigenvalue weighted by atomic mass is 127. The normalized spacial score (nSPS) is 20.2. The molecule has 0 aromatic heterocycles. The maximum atomic E-state index is 13.4. The molecule has 88 valence electrons. The second-order valence-corrected chi connectivity index (χ2v) is 5.97. The highest BCUT2D eigenvalue weighted by Gasteiger charge is 2.16. The zero-order valence-electron chi connectivity index (χ0n) is 8.71. The van der Waals surface area contributed by atoms with Crippen molar-refractivity contribution in [3.05, 3.63) is 21.5 Å². The van der Waals surface area contributed by atoms with Crippen LogP contribution in [0.4, 0.5) is 10.1 Å². The van der Waals surface area contributed by atoms with Crippen LogP contribution in [0.3, 0.4) is 0 Å². The molecule has 1 heterocycles. The first kappa shape index (κ1) is 12.4. The number of halogens is 2. The lowest BCUT2D eigenvalue weighted by Crippen LogP contribution is -2.08. The number of hydrogen-bond acceptors (Lipinski definition) is 3. The zero-order chi connectivity index (χ0) is 11.5. The Kier molecular flexibility index (Phi) is 4.32. The van der Waals surface area contributed by atoms with E-state index in [-0.39, 0.29) is 5.82 Å². The first-order valence-electron chi connectivity index (χ1n) is 5.16. The lowest BCUT2D eigenvalue weighted by Gasteiger charge is -2.10. The SMILES string of the molecule is Nc1cc(I)c(F)cc1SCC1CCCO1. The molecule has 5 heteroatoms. The van der Waals surface area contributed by atoms with E-state index in [4.69, 9.17) is 10.5 Å². The van der Waals surface area contributed by atoms with E-state index < -0.39 is 0 Å². The molecule has 1 aromatic rings. The molecule has 0 radical (unpaired) electrons. The lowest BCUT2D eigenvalue weighted by molar-refractivity contribution is 0.129. The average Bonchev–Trinajstić information content (AvgIpc) is 2.74. The molecule has 1 aromatic carbocycles. The smallest absolute Gasteiger partial charge is 0.137 e. The van der Waals surface area contributed by atoms with Crippen LogP contribution in [-0.2, 0) is 4.74 Å². The first-order chi connectivity index (χ1) is 7.66. The van der Waals surface area contributed by atoms with Gasteiger partial charge < -0.3 is 10.5 Å². The molecule has 0 saturated carbocycles. The summed E-state index contributed by atoms with van der Waals surface area (Å²) in [6, 6.07) is 3.18. The maximum Gasteiger partial charge on any atom is 0.137 e. The summed E-state index contributed by atoms with van der Waals surface area (Å²) in [5, 5.41) is 0. The third-order valence-electron chi connectivity index (χ3n) is 2.50. The van der Waals surface area contributed by atoms with Crippen LogP contribution >= 0.6 is 34.4 Å². The summed E-state index contributed by atoms with van der Waals surface area (Å²) in [4.78, 5) is 0.813. The molecule has 16 heavy (non-hydrogen) atoms. The summed E-state index contributed by atoms with van der Waals surface area (Å²) in [7, 11) is 0. The van der Waals surface area contributed by atoms with Crippen molar-refractivity contribution in [3.8, 4) is 0 Å². The van der Waals surface area contributed by atoms with Gasteiger partial charge in [0.05, 0.1) is 9.67 Å². The van der Waals surface area contributed by atoms with Crippen molar-refractivity contribution in [2.24, 2.45) is 0 Å². The molecule has 2 N–H and O–H groups in total. The van der Waals surface area contributed by atoms with Gasteiger partial charge in [0, 0.05) is 22.9 Å². The van der Waals surface area contributed by atoms with Gasteiger partial charge in [0.15, 0.2) is 0 Å². The third kappa shape index (κ3) is 3.01. The quantitative estimate of drug-likeness (QED) is 0.515. The van der Waals surface area contributed by atoms with Crippen LogP contribution < -0.4 is 5.73 Å². The maximum absolute atomic E-state index is 13.4. The number of thioether (sulfide) groups is 1. The third-order valence-corrected chi connectivity index (χ3v) is 4.53. The summed E-state index contributed by atoms with van der Waals surface area (Å²) in [6.45, 7) is 0.849. The molecular weight excluding hydrogens is 340 g/mol. The Balaban J connectivity index is 2.00. The predicted octanol–water partition coefficient (Wildman–Crippen LogP) is 3.28. The van der Waals surface area contributed by atoms with E-state index in [0.29, 0.717) is 15.4 Å². The average molecular weight is 353 g/mol. The number of nitrogens with two attached hydrogens (primary N) is 1. The number of benzene rings is 1. The molecule has 0 amide bonds. The Morgan fingerprint density at radius 3 is 3.06 bits per heavy atom. The van der Waals surface area contributed by atoms with E-state index in [2.05, 4.69) is 0 Å². The van der Waals surface area contributed by atoms with Crippen molar-refractivity contribution < 1.29 is 9.13 Å². The molecule has 1 unspecified atom stereocenters. The van der Waals surface area contributed by atoms with Gasteiger partial charge in [0.2, 0.25) is 0 Å². The monoisotopic (exact) mass is 353 g/mol. The fourth-order valence-corrected chi connectivity index (χ4v) is 3.16. The van der Waals surface area contributed by atoms with E-state index in [1.54, 1.807) is 17.8 Å². The van der Waals surface area contributed by atoms with Crippen LogP contribution in [-0.4, -0.2) is 18.5 Å². The standard InChI is InChI=1S/C11H13FINOS/c12-8-4-11(10(14)5-9(8)13)16-6-7-2-1-3-15-7/h4-5,7H,1-3,6,14H2. The zero-order valence-corrected chi connectivity index (χ0v) is 11.7. The number of anilines is 1. The van der Waals surface area contributed by atoms with E-state index >= 15 is 0 Å². The van der Waals surface area contributed by atoms with Crippen LogP contribution in [0.5, 0.6) is 0 Å². The Hall–Kier alpha value is -0.0100. The molecule has 0 spiro atoms. The highest BCUT2D eigenvalue weighted by molar-refractivity contribution is 14.1. The molecular formula is C11H13FINOS. The largest absolute Gasteiger partial charge is 0.398 e. The van der Waals surface area contributed by atoms with E-state index in [1.807, 2.05) is 22.6 Å². The van der Waals surface area contributed by atoms with Gasteiger partial charge in [-0.3, -0.25) is 0 Å². The van der Waals surface area contributed by atoms with Gasteiger partial charge in [0.25, 0.3) is 0 Å². The van der Waals surface area contributed by atoms with E-state index in [1.165, 1.54) is 6.07 Å². The van der Waals surface area contributed by atoms with Gasteiger partial charge in [-0.15, -0.1) is 11.8 Å². The highest BCUT2D eigenvalue weighted by Crippen LogP contribution is 2.30. The van der Waals surface area contributed by atoms with Crippen LogP contribution in [0.25, 0.3) is 0 Å². The minimum Gasteiger partial charge on any atom is -0.398 e. The number of hydrogen-bond donors (Lipinski definition) is 1.